The first-order valence-electron chi connectivity index (χ1n) is 16.4. The van der Waals surface area contributed by atoms with Gasteiger partial charge in [-0.3, -0.25) is 9.80 Å². The zero-order valence-corrected chi connectivity index (χ0v) is 26.6. The third-order valence-corrected chi connectivity index (χ3v) is 8.97. The van der Waals surface area contributed by atoms with E-state index in [-0.39, 0.29) is 5.82 Å². The van der Waals surface area contributed by atoms with Crippen LogP contribution in [-0.4, -0.2) is 72.1 Å². The summed E-state index contributed by atoms with van der Waals surface area (Å²) in [6, 6.07) is 37.7. The van der Waals surface area contributed by atoms with Gasteiger partial charge in [0.1, 0.15) is 0 Å². The number of aromatic nitrogens is 2. The molecule has 47 heavy (non-hydrogen) atoms. The van der Waals surface area contributed by atoms with Crippen molar-refractivity contribution in [3.63, 3.8) is 0 Å². The van der Waals surface area contributed by atoms with Gasteiger partial charge in [0.05, 0.1) is 6.20 Å². The van der Waals surface area contributed by atoms with E-state index in [1.165, 1.54) is 23.0 Å². The molecule has 240 valence electrons. The predicted molar refractivity (Wildman–Crippen MR) is 189 cm³/mol. The van der Waals surface area contributed by atoms with Crippen molar-refractivity contribution in [3.8, 4) is 0 Å². The Morgan fingerprint density at radius 2 is 0.979 bits per heavy atom. The summed E-state index contributed by atoms with van der Waals surface area (Å²) >= 11 is 0. The average molecular weight is 629 g/mol. The lowest BCUT2D eigenvalue weighted by molar-refractivity contribution is 0.250. The minimum absolute atomic E-state index is 0.134. The summed E-state index contributed by atoms with van der Waals surface area (Å²) in [5, 5.41) is 6.36. The van der Waals surface area contributed by atoms with Gasteiger partial charge in [0, 0.05) is 88.2 Å². The Hall–Kier alpha value is -4.99. The molecule has 8 nitrogen and oxygen atoms in total. The predicted octanol–water partition coefficient (Wildman–Crippen LogP) is 6.75. The maximum atomic E-state index is 14.7. The van der Waals surface area contributed by atoms with E-state index in [0.717, 1.165) is 82.5 Å². The fraction of sp³-hybridized carbons (Fsp3) is 0.263. The molecular formula is C38H41FN8. The van der Waals surface area contributed by atoms with Crippen molar-refractivity contribution in [3.05, 3.63) is 132 Å². The number of hydrogen-bond donors (Lipinski definition) is 2. The molecule has 2 aliphatic rings. The quantitative estimate of drug-likeness (QED) is 0.176. The molecule has 2 saturated heterocycles. The Labute approximate surface area is 276 Å². The fourth-order valence-electron chi connectivity index (χ4n) is 6.30. The summed E-state index contributed by atoms with van der Waals surface area (Å²) in [4.78, 5) is 18.4. The number of piperazine rings is 2. The summed E-state index contributed by atoms with van der Waals surface area (Å²) in [5.74, 6) is -0.0353. The van der Waals surface area contributed by atoms with E-state index >= 15 is 0 Å². The van der Waals surface area contributed by atoms with Gasteiger partial charge >= 0.3 is 0 Å². The van der Waals surface area contributed by atoms with Crippen LogP contribution in [0.15, 0.2) is 115 Å². The van der Waals surface area contributed by atoms with Crippen molar-refractivity contribution in [2.75, 3.05) is 72.8 Å². The highest BCUT2D eigenvalue weighted by Gasteiger charge is 2.19. The van der Waals surface area contributed by atoms with Crippen LogP contribution in [0.1, 0.15) is 11.1 Å². The molecule has 7 rings (SSSR count). The van der Waals surface area contributed by atoms with Gasteiger partial charge in [-0.25, -0.2) is 9.37 Å². The van der Waals surface area contributed by atoms with Crippen LogP contribution in [0.2, 0.25) is 0 Å². The van der Waals surface area contributed by atoms with Crippen LogP contribution in [0.25, 0.3) is 0 Å². The van der Waals surface area contributed by atoms with E-state index in [9.17, 15) is 4.39 Å². The first-order chi connectivity index (χ1) is 23.1. The monoisotopic (exact) mass is 628 g/mol. The smallest absolute Gasteiger partial charge is 0.229 e. The summed E-state index contributed by atoms with van der Waals surface area (Å²) in [6.07, 6.45) is 1.20. The van der Waals surface area contributed by atoms with Crippen LogP contribution < -0.4 is 20.4 Å². The number of halogens is 1. The molecule has 4 aromatic carbocycles. The van der Waals surface area contributed by atoms with E-state index < -0.39 is 5.82 Å². The van der Waals surface area contributed by atoms with Gasteiger partial charge in [0.2, 0.25) is 5.95 Å². The van der Waals surface area contributed by atoms with Gasteiger partial charge in [0.25, 0.3) is 0 Å². The number of nitrogens with zero attached hydrogens (tertiary/aromatic N) is 6. The lowest BCUT2D eigenvalue weighted by Crippen LogP contribution is -2.45. The van der Waals surface area contributed by atoms with E-state index in [1.807, 2.05) is 24.3 Å². The van der Waals surface area contributed by atoms with Crippen LogP contribution >= 0.6 is 0 Å². The van der Waals surface area contributed by atoms with Crippen molar-refractivity contribution in [1.82, 2.24) is 19.8 Å². The molecule has 5 aromatic rings. The second-order valence-electron chi connectivity index (χ2n) is 12.2. The van der Waals surface area contributed by atoms with Gasteiger partial charge in [-0.15, -0.1) is 0 Å². The highest BCUT2D eigenvalue weighted by molar-refractivity contribution is 5.64. The average Bonchev–Trinajstić information content (AvgIpc) is 3.12. The van der Waals surface area contributed by atoms with E-state index in [1.54, 1.807) is 0 Å². The molecule has 0 bridgehead atoms. The van der Waals surface area contributed by atoms with E-state index in [4.69, 9.17) is 0 Å². The molecule has 0 unspecified atom stereocenters. The Balaban J connectivity index is 0.901. The lowest BCUT2D eigenvalue weighted by atomic mass is 10.2. The number of benzene rings is 4. The Morgan fingerprint density at radius 1 is 0.532 bits per heavy atom. The zero-order valence-electron chi connectivity index (χ0n) is 26.6. The summed E-state index contributed by atoms with van der Waals surface area (Å²) < 4.78 is 14.7. The molecule has 0 spiro atoms. The van der Waals surface area contributed by atoms with Crippen LogP contribution in [0.3, 0.4) is 0 Å². The number of anilines is 6. The van der Waals surface area contributed by atoms with Crippen LogP contribution in [0, 0.1) is 5.82 Å². The third-order valence-electron chi connectivity index (χ3n) is 8.97. The zero-order chi connectivity index (χ0) is 31.8. The molecule has 0 radical (unpaired) electrons. The Bertz CT molecular complexity index is 1700. The number of nitrogens with one attached hydrogen (secondary N) is 2. The molecule has 0 atom stereocenters. The highest BCUT2D eigenvalue weighted by atomic mass is 19.1. The van der Waals surface area contributed by atoms with E-state index in [0.29, 0.717) is 5.95 Å². The lowest BCUT2D eigenvalue weighted by Gasteiger charge is -2.36. The normalized spacial score (nSPS) is 15.9. The molecule has 2 aliphatic heterocycles. The van der Waals surface area contributed by atoms with Gasteiger partial charge in [-0.2, -0.15) is 4.98 Å². The topological polar surface area (TPSA) is 62.8 Å². The molecule has 1 aromatic heterocycles. The SMILES string of the molecule is Fc1cnc(Nc2ccc(N3CCN(Cc4ccccc4)CC3)cc2)nc1Nc1ccc(N2CCN(Cc3ccccc3)CC2)cc1. The first-order valence-corrected chi connectivity index (χ1v) is 16.4. The van der Waals surface area contributed by atoms with Gasteiger partial charge in [-0.05, 0) is 59.7 Å². The molecule has 0 aliphatic carbocycles. The fourth-order valence-corrected chi connectivity index (χ4v) is 6.30. The van der Waals surface area contributed by atoms with Gasteiger partial charge in [0.15, 0.2) is 11.6 Å². The van der Waals surface area contributed by atoms with Crippen molar-refractivity contribution in [1.29, 1.82) is 0 Å². The Morgan fingerprint density at radius 3 is 1.45 bits per heavy atom. The Kier molecular flexibility index (Phi) is 9.53. The number of rotatable bonds is 10. The molecule has 2 fully saturated rings. The van der Waals surface area contributed by atoms with E-state index in [2.05, 4.69) is 125 Å². The maximum Gasteiger partial charge on any atom is 0.229 e. The van der Waals surface area contributed by atoms with Gasteiger partial charge in [-0.1, -0.05) is 60.7 Å². The number of hydrogen-bond acceptors (Lipinski definition) is 8. The molecular weight excluding hydrogens is 587 g/mol. The standard InChI is InChI=1S/C38H41FN8/c39-36-27-40-38(42-33-13-17-35(18-14-33)47-25-21-45(22-26-47)29-31-9-5-2-6-10-31)43-37(36)41-32-11-15-34(16-12-32)46-23-19-44(20-24-46)28-30-7-3-1-4-8-30/h1-18,27H,19-26,28-29H2,(H2,40,41,42,43). The molecule has 9 heteroatoms. The molecule has 2 N–H and O–H groups in total. The third kappa shape index (κ3) is 8.06. The van der Waals surface area contributed by atoms with Crippen LogP contribution in [-0.2, 0) is 13.1 Å². The highest BCUT2D eigenvalue weighted by Crippen LogP contribution is 2.26. The largest absolute Gasteiger partial charge is 0.369 e. The van der Waals surface area contributed by atoms with Crippen molar-refractivity contribution in [2.45, 2.75) is 13.1 Å². The van der Waals surface area contributed by atoms with Crippen molar-refractivity contribution < 1.29 is 4.39 Å². The van der Waals surface area contributed by atoms with Crippen LogP contribution in [0.4, 0.5) is 38.9 Å². The van der Waals surface area contributed by atoms with Crippen LogP contribution in [0.5, 0.6) is 0 Å². The van der Waals surface area contributed by atoms with Crippen molar-refractivity contribution >= 4 is 34.5 Å². The minimum Gasteiger partial charge on any atom is -0.369 e. The minimum atomic E-state index is -0.504. The maximum absolute atomic E-state index is 14.7. The molecule has 3 heterocycles. The molecule has 0 saturated carbocycles. The molecule has 0 amide bonds. The summed E-state index contributed by atoms with van der Waals surface area (Å²) in [7, 11) is 0. The summed E-state index contributed by atoms with van der Waals surface area (Å²) in [6.45, 7) is 10.00. The first kappa shape index (κ1) is 30.7. The van der Waals surface area contributed by atoms with Gasteiger partial charge < -0.3 is 20.4 Å². The van der Waals surface area contributed by atoms with Crippen molar-refractivity contribution in [2.24, 2.45) is 0 Å². The second-order valence-corrected chi connectivity index (χ2v) is 12.2. The second kappa shape index (κ2) is 14.6. The summed E-state index contributed by atoms with van der Waals surface area (Å²) in [5.41, 5.74) is 6.68.